The molecule has 4 aliphatic heterocycles. The monoisotopic (exact) mass is 369 g/mol. The summed E-state index contributed by atoms with van der Waals surface area (Å²) in [4.78, 5) is 17.5. The largest absolute Gasteiger partial charge is 0.302 e. The summed E-state index contributed by atoms with van der Waals surface area (Å²) in [7, 11) is 0. The van der Waals surface area contributed by atoms with Crippen LogP contribution in [0.5, 0.6) is 0 Å². The van der Waals surface area contributed by atoms with Gasteiger partial charge in [0.2, 0.25) is 0 Å². The van der Waals surface area contributed by atoms with Gasteiger partial charge in [0.15, 0.2) is 0 Å². The van der Waals surface area contributed by atoms with E-state index in [9.17, 15) is 0 Å². The van der Waals surface area contributed by atoms with Gasteiger partial charge in [-0.2, -0.15) is 0 Å². The Morgan fingerprint density at radius 2 is 1.52 bits per heavy atom. The zero-order chi connectivity index (χ0) is 18.1. The lowest BCUT2D eigenvalue weighted by Gasteiger charge is -2.51. The van der Waals surface area contributed by atoms with Crippen LogP contribution in [-0.4, -0.2) is 76.5 Å². The van der Waals surface area contributed by atoms with Crippen LogP contribution in [0.25, 0.3) is 0 Å². The summed E-state index contributed by atoms with van der Waals surface area (Å²) in [6.07, 6.45) is 13.7. The molecule has 1 atom stereocenters. The molecule has 0 N–H and O–H groups in total. The zero-order valence-corrected chi connectivity index (χ0v) is 16.7. The molecule has 2 bridgehead atoms. The maximum atomic E-state index is 4.73. The minimum atomic E-state index is 0.609. The number of hydrogen-bond acceptors (Lipinski definition) is 5. The van der Waals surface area contributed by atoms with Crippen molar-refractivity contribution in [3.63, 3.8) is 0 Å². The zero-order valence-electron chi connectivity index (χ0n) is 16.7. The fourth-order valence-corrected chi connectivity index (χ4v) is 5.88. The van der Waals surface area contributed by atoms with Gasteiger partial charge in [0.25, 0.3) is 0 Å². The van der Waals surface area contributed by atoms with Gasteiger partial charge in [-0.25, -0.2) is 9.97 Å². The second-order valence-corrected chi connectivity index (χ2v) is 9.30. The Bertz CT molecular complexity index is 596. The Morgan fingerprint density at radius 1 is 0.815 bits per heavy atom. The van der Waals surface area contributed by atoms with Gasteiger partial charge in [-0.15, -0.1) is 0 Å². The third-order valence-electron chi connectivity index (χ3n) is 7.60. The van der Waals surface area contributed by atoms with Gasteiger partial charge >= 0.3 is 0 Å². The van der Waals surface area contributed by atoms with E-state index in [-0.39, 0.29) is 0 Å². The number of nitrogens with zero attached hydrogens (tertiary/aromatic N) is 5. The Kier molecular flexibility index (Phi) is 5.43. The molecule has 0 amide bonds. The molecule has 0 unspecified atom stereocenters. The first-order chi connectivity index (χ1) is 13.3. The molecule has 0 spiro atoms. The molecule has 0 aromatic carbocycles. The van der Waals surface area contributed by atoms with Crippen molar-refractivity contribution >= 4 is 0 Å². The van der Waals surface area contributed by atoms with Crippen LogP contribution in [0, 0.1) is 5.92 Å². The van der Waals surface area contributed by atoms with Crippen molar-refractivity contribution in [1.29, 1.82) is 0 Å². The topological polar surface area (TPSA) is 35.5 Å². The molecule has 4 saturated heterocycles. The lowest BCUT2D eigenvalue weighted by Crippen LogP contribution is -2.60. The van der Waals surface area contributed by atoms with E-state index in [4.69, 9.17) is 9.97 Å². The highest BCUT2D eigenvalue weighted by molar-refractivity contribution is 5.08. The van der Waals surface area contributed by atoms with Crippen molar-refractivity contribution < 1.29 is 0 Å². The van der Waals surface area contributed by atoms with Crippen LogP contribution >= 0.6 is 0 Å². The van der Waals surface area contributed by atoms with Crippen LogP contribution in [0.15, 0.2) is 12.4 Å². The van der Waals surface area contributed by atoms with Crippen LogP contribution in [0.4, 0.5) is 0 Å². The van der Waals surface area contributed by atoms with E-state index >= 15 is 0 Å². The molecule has 27 heavy (non-hydrogen) atoms. The van der Waals surface area contributed by atoms with E-state index in [1.54, 1.807) is 0 Å². The summed E-state index contributed by atoms with van der Waals surface area (Å²) >= 11 is 0. The molecule has 0 radical (unpaired) electrons. The summed E-state index contributed by atoms with van der Waals surface area (Å²) in [5.74, 6) is 2.66. The maximum absolute atomic E-state index is 4.73. The van der Waals surface area contributed by atoms with E-state index < -0.39 is 0 Å². The van der Waals surface area contributed by atoms with Crippen LogP contribution in [0.1, 0.15) is 62.3 Å². The first-order valence-electron chi connectivity index (χ1n) is 11.3. The van der Waals surface area contributed by atoms with Gasteiger partial charge in [0.1, 0.15) is 5.82 Å². The van der Waals surface area contributed by atoms with Crippen molar-refractivity contribution in [2.24, 2.45) is 5.92 Å². The average Bonchev–Trinajstić information content (AvgIpc) is 2.76. The Hall–Kier alpha value is -1.04. The first kappa shape index (κ1) is 18.0. The quantitative estimate of drug-likeness (QED) is 0.815. The van der Waals surface area contributed by atoms with E-state index in [2.05, 4.69) is 27.1 Å². The minimum absolute atomic E-state index is 0.609. The number of hydrogen-bond donors (Lipinski definition) is 0. The van der Waals surface area contributed by atoms with E-state index in [0.717, 1.165) is 24.3 Å². The molecule has 1 aromatic rings. The van der Waals surface area contributed by atoms with Crippen molar-refractivity contribution in [1.82, 2.24) is 24.7 Å². The number of piperazine rings is 1. The Labute approximate surface area is 164 Å². The average molecular weight is 370 g/mol. The molecule has 5 aliphatic rings. The highest BCUT2D eigenvalue weighted by Gasteiger charge is 2.38. The Balaban J connectivity index is 1.12. The van der Waals surface area contributed by atoms with Gasteiger partial charge in [-0.3, -0.25) is 9.80 Å². The second-order valence-electron chi connectivity index (χ2n) is 9.30. The van der Waals surface area contributed by atoms with Crippen LogP contribution in [0.3, 0.4) is 0 Å². The van der Waals surface area contributed by atoms with Crippen molar-refractivity contribution in [3.8, 4) is 0 Å². The molecule has 5 heterocycles. The smallest absolute Gasteiger partial charge is 0.131 e. The molecule has 5 fully saturated rings. The first-order valence-corrected chi connectivity index (χ1v) is 11.3. The van der Waals surface area contributed by atoms with Crippen molar-refractivity contribution in [2.75, 3.05) is 45.8 Å². The molecule has 6 rings (SSSR count). The molecule has 5 heteroatoms. The number of fused-ring (bicyclic) bond motifs is 3. The van der Waals surface area contributed by atoms with Crippen molar-refractivity contribution in [3.05, 3.63) is 23.8 Å². The normalized spacial score (nSPS) is 33.4. The predicted molar refractivity (Wildman–Crippen MR) is 108 cm³/mol. The van der Waals surface area contributed by atoms with E-state index in [0.29, 0.717) is 5.92 Å². The fourth-order valence-electron chi connectivity index (χ4n) is 5.88. The van der Waals surface area contributed by atoms with Gasteiger partial charge in [0.05, 0.1) is 0 Å². The lowest BCUT2D eigenvalue weighted by molar-refractivity contribution is -0.0162. The number of piperidine rings is 3. The van der Waals surface area contributed by atoms with Crippen molar-refractivity contribution in [2.45, 2.75) is 63.5 Å². The molecule has 1 aliphatic carbocycles. The fraction of sp³-hybridized carbons (Fsp3) is 0.818. The molecule has 1 aromatic heterocycles. The molecule has 148 valence electrons. The van der Waals surface area contributed by atoms with E-state index in [1.165, 1.54) is 96.3 Å². The van der Waals surface area contributed by atoms with Crippen LogP contribution in [-0.2, 0) is 6.54 Å². The lowest BCUT2D eigenvalue weighted by atomic mass is 9.83. The number of rotatable bonds is 4. The SMILES string of the molecule is c1nc(C2CCCCC2)ncc1CN1CCN([C@H]2CN3CCC2CC3)CC1. The number of aromatic nitrogens is 2. The minimum Gasteiger partial charge on any atom is -0.302 e. The summed E-state index contributed by atoms with van der Waals surface area (Å²) in [5, 5.41) is 0. The summed E-state index contributed by atoms with van der Waals surface area (Å²) in [5.41, 5.74) is 1.28. The van der Waals surface area contributed by atoms with Crippen LogP contribution in [0.2, 0.25) is 0 Å². The van der Waals surface area contributed by atoms with Gasteiger partial charge in [0, 0.05) is 69.2 Å². The van der Waals surface area contributed by atoms with Crippen LogP contribution < -0.4 is 0 Å². The predicted octanol–water partition coefficient (Wildman–Crippen LogP) is 2.74. The van der Waals surface area contributed by atoms with Gasteiger partial charge < -0.3 is 4.90 Å². The standard InChI is InChI=1S/C22H35N5/c1-2-4-20(5-3-1)22-23-14-18(15-24-22)16-26-10-12-27(13-11-26)21-17-25-8-6-19(21)7-9-25/h14-15,19-21H,1-13,16-17H2/t21-/m0/s1. The third kappa shape index (κ3) is 4.06. The molecule has 1 saturated carbocycles. The van der Waals surface area contributed by atoms with E-state index in [1.807, 2.05) is 0 Å². The highest BCUT2D eigenvalue weighted by atomic mass is 15.3. The molecular formula is C22H35N5. The summed E-state index contributed by atoms with van der Waals surface area (Å²) < 4.78 is 0. The van der Waals surface area contributed by atoms with Gasteiger partial charge in [-0.05, 0) is 44.7 Å². The molecular weight excluding hydrogens is 334 g/mol. The van der Waals surface area contributed by atoms with Gasteiger partial charge in [-0.1, -0.05) is 19.3 Å². The Morgan fingerprint density at radius 3 is 2.15 bits per heavy atom. The highest BCUT2D eigenvalue weighted by Crippen LogP contribution is 2.32. The molecule has 5 nitrogen and oxygen atoms in total. The third-order valence-corrected chi connectivity index (χ3v) is 7.60. The second kappa shape index (κ2) is 8.14. The summed E-state index contributed by atoms with van der Waals surface area (Å²) in [6, 6.07) is 0.827. The maximum Gasteiger partial charge on any atom is 0.131 e. The summed E-state index contributed by atoms with van der Waals surface area (Å²) in [6.45, 7) is 9.86.